The van der Waals surface area contributed by atoms with Crippen LogP contribution in [0.4, 0.5) is 0 Å². The van der Waals surface area contributed by atoms with E-state index in [1.54, 1.807) is 0 Å². The number of methoxy groups -OCH3 is 1. The first-order valence-corrected chi connectivity index (χ1v) is 5.52. The van der Waals surface area contributed by atoms with Crippen molar-refractivity contribution in [3.05, 3.63) is 0 Å². The molecule has 14 heavy (non-hydrogen) atoms. The van der Waals surface area contributed by atoms with E-state index in [0.717, 1.165) is 0 Å². The summed E-state index contributed by atoms with van der Waals surface area (Å²) in [6, 6.07) is -0.950. The molecule has 0 aliphatic heterocycles. The molecule has 0 saturated heterocycles. The summed E-state index contributed by atoms with van der Waals surface area (Å²) in [6.07, 6.45) is 2.21. The molecule has 1 unspecified atom stereocenters. The summed E-state index contributed by atoms with van der Waals surface area (Å²) in [6.45, 7) is -0.447. The molecule has 0 aromatic carbocycles. The molecule has 2 N–H and O–H groups in total. The predicted octanol–water partition coefficient (Wildman–Crippen LogP) is -0.610. The Kier molecular flexibility index (Phi) is 7.23. The number of hydrogen-bond acceptors (Lipinski definition) is 5. The van der Waals surface area contributed by atoms with Crippen molar-refractivity contribution in [2.75, 3.05) is 25.7 Å². The Labute approximate surface area is 87.2 Å². The monoisotopic (exact) mass is 221 g/mol. The zero-order valence-corrected chi connectivity index (χ0v) is 9.10. The summed E-state index contributed by atoms with van der Waals surface area (Å²) in [7, 11) is 1.21. The van der Waals surface area contributed by atoms with Gasteiger partial charge in [0, 0.05) is 12.2 Å². The van der Waals surface area contributed by atoms with Gasteiger partial charge >= 0.3 is 5.97 Å². The summed E-state index contributed by atoms with van der Waals surface area (Å²) in [5, 5.41) is 11.2. The van der Waals surface area contributed by atoms with Crippen LogP contribution in [0, 0.1) is 0 Å². The lowest BCUT2D eigenvalue weighted by atomic mass is 10.3. The van der Waals surface area contributed by atoms with E-state index >= 15 is 0 Å². The van der Waals surface area contributed by atoms with Gasteiger partial charge in [-0.25, -0.2) is 4.79 Å². The fraction of sp³-hybridized carbons (Fsp3) is 0.750. The second-order valence-corrected chi connectivity index (χ2v) is 3.55. The molecule has 82 valence electrons. The van der Waals surface area contributed by atoms with Crippen molar-refractivity contribution in [1.29, 1.82) is 0 Å². The lowest BCUT2D eigenvalue weighted by Crippen LogP contribution is -2.44. The minimum atomic E-state index is -0.950. The third-order valence-electron chi connectivity index (χ3n) is 1.54. The Morgan fingerprint density at radius 2 is 2.21 bits per heavy atom. The average Bonchev–Trinajstić information content (AvgIpc) is 2.21. The molecular weight excluding hydrogens is 206 g/mol. The van der Waals surface area contributed by atoms with Gasteiger partial charge < -0.3 is 15.2 Å². The SMILES string of the molecule is COC(=O)C(CO)NC(=O)CCSC. The number of thioether (sulfide) groups is 1. The van der Waals surface area contributed by atoms with Crippen molar-refractivity contribution < 1.29 is 19.4 Å². The van der Waals surface area contributed by atoms with Crippen LogP contribution in [-0.4, -0.2) is 48.8 Å². The van der Waals surface area contributed by atoms with Crippen LogP contribution in [0.25, 0.3) is 0 Å². The average molecular weight is 221 g/mol. The molecule has 0 heterocycles. The van der Waals surface area contributed by atoms with Gasteiger partial charge in [0.1, 0.15) is 0 Å². The van der Waals surface area contributed by atoms with Crippen LogP contribution >= 0.6 is 11.8 Å². The molecule has 0 fully saturated rings. The van der Waals surface area contributed by atoms with Gasteiger partial charge in [-0.15, -0.1) is 0 Å². The lowest BCUT2D eigenvalue weighted by Gasteiger charge is -2.13. The first kappa shape index (κ1) is 13.2. The molecule has 1 amide bonds. The van der Waals surface area contributed by atoms with Crippen LogP contribution in [0.3, 0.4) is 0 Å². The van der Waals surface area contributed by atoms with Crippen molar-refractivity contribution in [2.45, 2.75) is 12.5 Å². The molecule has 0 rings (SSSR count). The molecular formula is C8H15NO4S. The van der Waals surface area contributed by atoms with E-state index in [4.69, 9.17) is 5.11 Å². The maximum absolute atomic E-state index is 11.1. The summed E-state index contributed by atoms with van der Waals surface area (Å²) >= 11 is 1.54. The molecule has 0 aromatic rings. The number of carbonyl (C=O) groups is 2. The molecule has 0 bridgehead atoms. The van der Waals surface area contributed by atoms with Crippen molar-refractivity contribution >= 4 is 23.6 Å². The predicted molar refractivity (Wildman–Crippen MR) is 54.0 cm³/mol. The number of aliphatic hydroxyl groups is 1. The number of ether oxygens (including phenoxy) is 1. The fourth-order valence-corrected chi connectivity index (χ4v) is 1.17. The van der Waals surface area contributed by atoms with Crippen LogP contribution in [0.5, 0.6) is 0 Å². The van der Waals surface area contributed by atoms with Crippen LogP contribution in [0.15, 0.2) is 0 Å². The fourth-order valence-electron chi connectivity index (χ4n) is 0.783. The van der Waals surface area contributed by atoms with Crippen molar-refractivity contribution in [1.82, 2.24) is 5.32 Å². The molecule has 0 radical (unpaired) electrons. The van der Waals surface area contributed by atoms with Crippen LogP contribution < -0.4 is 5.32 Å². The zero-order valence-electron chi connectivity index (χ0n) is 8.28. The van der Waals surface area contributed by atoms with E-state index in [9.17, 15) is 9.59 Å². The highest BCUT2D eigenvalue weighted by Crippen LogP contribution is 1.96. The number of amides is 1. The van der Waals surface area contributed by atoms with E-state index in [1.807, 2.05) is 6.26 Å². The highest BCUT2D eigenvalue weighted by Gasteiger charge is 2.19. The van der Waals surface area contributed by atoms with Crippen molar-refractivity contribution in [2.24, 2.45) is 0 Å². The van der Waals surface area contributed by atoms with Gasteiger partial charge in [-0.2, -0.15) is 11.8 Å². The smallest absolute Gasteiger partial charge is 0.330 e. The summed E-state index contributed by atoms with van der Waals surface area (Å²) < 4.78 is 4.39. The van der Waals surface area contributed by atoms with Gasteiger partial charge in [0.15, 0.2) is 6.04 Å². The Morgan fingerprint density at radius 3 is 2.64 bits per heavy atom. The van der Waals surface area contributed by atoms with Crippen LogP contribution in [-0.2, 0) is 14.3 Å². The van der Waals surface area contributed by atoms with E-state index in [-0.39, 0.29) is 5.91 Å². The number of aliphatic hydroxyl groups excluding tert-OH is 1. The van der Waals surface area contributed by atoms with E-state index < -0.39 is 18.6 Å². The second-order valence-electron chi connectivity index (χ2n) is 2.57. The summed E-state index contributed by atoms with van der Waals surface area (Å²) in [4.78, 5) is 22.1. The molecule has 0 aliphatic carbocycles. The molecule has 5 nitrogen and oxygen atoms in total. The third-order valence-corrected chi connectivity index (χ3v) is 2.15. The third kappa shape index (κ3) is 5.08. The Balaban J connectivity index is 3.92. The van der Waals surface area contributed by atoms with Crippen LogP contribution in [0.2, 0.25) is 0 Å². The Morgan fingerprint density at radius 1 is 1.57 bits per heavy atom. The quantitative estimate of drug-likeness (QED) is 0.585. The van der Waals surface area contributed by atoms with Crippen molar-refractivity contribution in [3.63, 3.8) is 0 Å². The maximum Gasteiger partial charge on any atom is 0.330 e. The number of rotatable bonds is 6. The molecule has 0 aliphatic rings. The van der Waals surface area contributed by atoms with Gasteiger partial charge in [0.05, 0.1) is 13.7 Å². The molecule has 6 heteroatoms. The molecule has 0 spiro atoms. The maximum atomic E-state index is 11.1. The minimum Gasteiger partial charge on any atom is -0.467 e. The number of hydrogen-bond donors (Lipinski definition) is 2. The highest BCUT2D eigenvalue weighted by molar-refractivity contribution is 7.98. The Bertz CT molecular complexity index is 198. The van der Waals surface area contributed by atoms with E-state index in [0.29, 0.717) is 12.2 Å². The van der Waals surface area contributed by atoms with Gasteiger partial charge in [0.25, 0.3) is 0 Å². The van der Waals surface area contributed by atoms with Gasteiger partial charge in [-0.3, -0.25) is 4.79 Å². The normalized spacial score (nSPS) is 11.9. The second kappa shape index (κ2) is 7.64. The summed E-state index contributed by atoms with van der Waals surface area (Å²) in [5.41, 5.74) is 0. The molecule has 1 atom stereocenters. The number of esters is 1. The van der Waals surface area contributed by atoms with Gasteiger partial charge in [-0.05, 0) is 6.26 Å². The van der Waals surface area contributed by atoms with Crippen LogP contribution in [0.1, 0.15) is 6.42 Å². The van der Waals surface area contributed by atoms with Gasteiger partial charge in [0.2, 0.25) is 5.91 Å². The largest absolute Gasteiger partial charge is 0.467 e. The lowest BCUT2D eigenvalue weighted by molar-refractivity contribution is -0.146. The van der Waals surface area contributed by atoms with Crippen molar-refractivity contribution in [3.8, 4) is 0 Å². The molecule has 0 aromatic heterocycles. The Hall–Kier alpha value is -0.750. The zero-order chi connectivity index (χ0) is 11.0. The topological polar surface area (TPSA) is 75.6 Å². The first-order chi connectivity index (χ1) is 6.65. The minimum absolute atomic E-state index is 0.260. The molecule has 0 saturated carbocycles. The first-order valence-electron chi connectivity index (χ1n) is 4.12. The van der Waals surface area contributed by atoms with Gasteiger partial charge in [-0.1, -0.05) is 0 Å². The number of nitrogens with one attached hydrogen (secondary N) is 1. The number of carbonyl (C=O) groups excluding carboxylic acids is 2. The van der Waals surface area contributed by atoms with E-state index in [2.05, 4.69) is 10.1 Å². The highest BCUT2D eigenvalue weighted by atomic mass is 32.2. The van der Waals surface area contributed by atoms with E-state index in [1.165, 1.54) is 18.9 Å². The summed E-state index contributed by atoms with van der Waals surface area (Å²) in [5.74, 6) is -0.209. The standard InChI is InChI=1S/C8H15NO4S/c1-13-8(12)6(5-10)9-7(11)3-4-14-2/h6,10H,3-5H2,1-2H3,(H,9,11).